The number of rotatable bonds is 27. The Kier molecular flexibility index (Phi) is 20.9. The van der Waals surface area contributed by atoms with Crippen LogP contribution in [0.25, 0.3) is 22.3 Å². The van der Waals surface area contributed by atoms with Gasteiger partial charge >= 0.3 is 5.97 Å². The molecule has 0 radical (unpaired) electrons. The quantitative estimate of drug-likeness (QED) is 0.0116. The summed E-state index contributed by atoms with van der Waals surface area (Å²) in [5.74, 6) is -10.5. The lowest BCUT2D eigenvalue weighted by Crippen LogP contribution is -2.58. The van der Waals surface area contributed by atoms with Crippen LogP contribution in [-0.2, 0) is 96.9 Å². The first-order valence-electron chi connectivity index (χ1n) is 29.1. The Hall–Kier alpha value is -9.11. The van der Waals surface area contributed by atoms with Gasteiger partial charge in [-0.3, -0.25) is 62.4 Å². The molecule has 5 aliphatic rings. The van der Waals surface area contributed by atoms with Crippen molar-refractivity contribution in [2.75, 3.05) is 39.5 Å². The minimum Gasteiger partial charge on any atom is -0.458 e. The average Bonchev–Trinajstić information content (AvgIpc) is 1.45. The fourth-order valence-corrected chi connectivity index (χ4v) is 11.3. The van der Waals surface area contributed by atoms with Gasteiger partial charge in [0.2, 0.25) is 53.2 Å². The van der Waals surface area contributed by atoms with E-state index < -0.39 is 188 Å². The number of ether oxygens (including phenoxy) is 3. The number of fused-ring (bicyclic) bond motifs is 5. The number of aryl methyl sites for hydroxylation is 1. The van der Waals surface area contributed by atoms with Crippen LogP contribution in [0.3, 0.4) is 0 Å². The number of amides is 11. The van der Waals surface area contributed by atoms with Gasteiger partial charge in [-0.15, -0.1) is 0 Å². The van der Waals surface area contributed by atoms with Crippen molar-refractivity contribution in [1.29, 1.82) is 0 Å². The molecule has 1 aromatic carbocycles. The number of hydrogen-bond acceptors (Lipinski definition) is 20. The van der Waals surface area contributed by atoms with Gasteiger partial charge in [-0.1, -0.05) is 20.8 Å². The first-order valence-corrected chi connectivity index (χ1v) is 29.1. The van der Waals surface area contributed by atoms with Gasteiger partial charge in [0.25, 0.3) is 17.4 Å². The molecule has 32 heteroatoms. The average molecular weight is 1260 g/mol. The molecule has 1 unspecified atom stereocenters. The Morgan fingerprint density at radius 2 is 1.54 bits per heavy atom. The van der Waals surface area contributed by atoms with E-state index in [1.807, 2.05) is 0 Å². The second-order valence-electron chi connectivity index (χ2n) is 22.8. The monoisotopic (exact) mass is 1260 g/mol. The van der Waals surface area contributed by atoms with E-state index in [-0.39, 0.29) is 55.7 Å². The molecule has 31 nitrogen and oxygen atoms in total. The minimum atomic E-state index is -2.08. The molecule has 484 valence electrons. The zero-order chi connectivity index (χ0) is 65.6. The van der Waals surface area contributed by atoms with Crippen LogP contribution in [0.1, 0.15) is 106 Å². The molecule has 2 aromatic heterocycles. The number of hydrogen-bond donors (Lipinski definition) is 12. The maximum atomic E-state index is 15.4. The maximum absolute atomic E-state index is 15.4. The molecular formula is C58H71FN12O19. The molecule has 90 heavy (non-hydrogen) atoms. The topological polar surface area (TPSA) is 454 Å². The fraction of sp³-hybridized carbons (Fsp3) is 0.517. The number of halogens is 1. The number of cyclic esters (lactones) is 1. The number of esters is 1. The van der Waals surface area contributed by atoms with Gasteiger partial charge in [0, 0.05) is 60.7 Å². The van der Waals surface area contributed by atoms with E-state index in [1.165, 1.54) is 23.6 Å². The molecule has 0 bridgehead atoms. The second-order valence-corrected chi connectivity index (χ2v) is 22.8. The number of benzene rings is 1. The van der Waals surface area contributed by atoms with Gasteiger partial charge in [-0.2, -0.15) is 0 Å². The Balaban J connectivity index is 0.817. The summed E-state index contributed by atoms with van der Waals surface area (Å²) in [5.41, 5.74) is 5.99. The molecule has 8 rings (SSSR count). The van der Waals surface area contributed by atoms with Crippen LogP contribution in [0.4, 0.5) is 4.39 Å². The van der Waals surface area contributed by atoms with Crippen LogP contribution in [0.15, 0.2) is 29.1 Å². The van der Waals surface area contributed by atoms with Crippen LogP contribution in [0, 0.1) is 18.7 Å². The molecule has 13 N–H and O–H groups in total. The van der Waals surface area contributed by atoms with Crippen molar-refractivity contribution in [2.24, 2.45) is 11.7 Å². The van der Waals surface area contributed by atoms with E-state index in [0.717, 1.165) is 12.2 Å². The summed E-state index contributed by atoms with van der Waals surface area (Å²) in [5, 5.41) is 52.7. The smallest absolute Gasteiger partial charge is 0.343 e. The lowest BCUT2D eigenvalue weighted by atomic mass is 9.81. The summed E-state index contributed by atoms with van der Waals surface area (Å²) in [6.45, 7) is 4.40. The number of aliphatic hydroxyl groups excluding tert-OH is 2. The zero-order valence-electron chi connectivity index (χ0n) is 49.8. The van der Waals surface area contributed by atoms with E-state index in [9.17, 15) is 77.6 Å². The Morgan fingerprint density at radius 1 is 0.833 bits per heavy atom. The molecule has 0 spiro atoms. The summed E-state index contributed by atoms with van der Waals surface area (Å²) >= 11 is 0. The predicted octanol–water partition coefficient (Wildman–Crippen LogP) is -4.34. The molecule has 4 aliphatic heterocycles. The largest absolute Gasteiger partial charge is 0.458 e. The van der Waals surface area contributed by atoms with Crippen molar-refractivity contribution in [1.82, 2.24) is 57.0 Å². The highest BCUT2D eigenvalue weighted by Crippen LogP contribution is 2.46. The van der Waals surface area contributed by atoms with Crippen LogP contribution in [-0.4, -0.2) is 183 Å². The summed E-state index contributed by atoms with van der Waals surface area (Å²) < 4.78 is 33.0. The number of nitrogens with two attached hydrogens (primary N) is 1. The highest BCUT2D eigenvalue weighted by molar-refractivity contribution is 6.14. The van der Waals surface area contributed by atoms with E-state index >= 15 is 4.39 Å². The summed E-state index contributed by atoms with van der Waals surface area (Å²) in [4.78, 5) is 173. The van der Waals surface area contributed by atoms with Gasteiger partial charge < -0.3 is 82.4 Å². The van der Waals surface area contributed by atoms with Crippen LogP contribution >= 0.6 is 0 Å². The second kappa shape index (κ2) is 28.2. The lowest BCUT2D eigenvalue weighted by molar-refractivity contribution is -0.172. The maximum Gasteiger partial charge on any atom is 0.343 e. The van der Waals surface area contributed by atoms with Gasteiger partial charge in [0.05, 0.1) is 54.1 Å². The molecule has 3 aromatic rings. The number of pyridine rings is 2. The first-order chi connectivity index (χ1) is 42.6. The molecular weight excluding hydrogens is 1190 g/mol. The highest BCUT2D eigenvalue weighted by atomic mass is 19.1. The number of carbonyl (C=O) groups is 12. The minimum absolute atomic E-state index is 0.0156. The van der Waals surface area contributed by atoms with Gasteiger partial charge in [-0.25, -0.2) is 14.2 Å². The van der Waals surface area contributed by atoms with Crippen LogP contribution in [0.5, 0.6) is 0 Å². The summed E-state index contributed by atoms with van der Waals surface area (Å²) in [7, 11) is 0. The van der Waals surface area contributed by atoms with Crippen LogP contribution in [0.2, 0.25) is 0 Å². The van der Waals surface area contributed by atoms with E-state index in [2.05, 4.69) is 42.5 Å². The summed E-state index contributed by atoms with van der Waals surface area (Å²) in [6, 6.07) is -2.02. The Bertz CT molecular complexity index is 3540. The normalized spacial score (nSPS) is 21.3. The van der Waals surface area contributed by atoms with Crippen molar-refractivity contribution in [3.05, 3.63) is 73.8 Å². The number of imide groups is 1. The van der Waals surface area contributed by atoms with E-state index in [4.69, 9.17) is 24.9 Å². The van der Waals surface area contributed by atoms with E-state index in [1.54, 1.807) is 27.7 Å². The third-order valence-electron chi connectivity index (χ3n) is 16.3. The van der Waals surface area contributed by atoms with Gasteiger partial charge in [0.15, 0.2) is 5.60 Å². The first kappa shape index (κ1) is 66.8. The van der Waals surface area contributed by atoms with Crippen molar-refractivity contribution >= 4 is 81.9 Å². The number of aliphatic hydroxyl groups is 3. The van der Waals surface area contributed by atoms with Gasteiger partial charge in [-0.05, 0) is 68.2 Å². The molecule has 1 fully saturated rings. The molecule has 6 heterocycles. The molecule has 1 saturated heterocycles. The predicted molar refractivity (Wildman–Crippen MR) is 307 cm³/mol. The number of aromatic nitrogens is 2. The van der Waals surface area contributed by atoms with Gasteiger partial charge in [0.1, 0.15) is 68.7 Å². The number of nitrogens with zero attached hydrogens (tertiary/aromatic N) is 3. The van der Waals surface area contributed by atoms with Crippen molar-refractivity contribution in [3.63, 3.8) is 0 Å². The van der Waals surface area contributed by atoms with Crippen molar-refractivity contribution in [2.45, 2.75) is 147 Å². The number of primary amides is 1. The Morgan fingerprint density at radius 3 is 2.23 bits per heavy atom. The number of nitrogens with one attached hydrogen (secondary N) is 8. The van der Waals surface area contributed by atoms with E-state index in [0.29, 0.717) is 56.8 Å². The fourth-order valence-electron chi connectivity index (χ4n) is 11.3. The Labute approximate surface area is 512 Å². The summed E-state index contributed by atoms with van der Waals surface area (Å²) in [6.07, 6.45) is -4.31. The molecule has 1 aliphatic carbocycles. The third kappa shape index (κ3) is 14.6. The number of carbonyl (C=O) groups excluding carboxylic acids is 12. The lowest BCUT2D eigenvalue weighted by Gasteiger charge is -2.31. The highest BCUT2D eigenvalue weighted by Gasteiger charge is 2.47. The van der Waals surface area contributed by atoms with Crippen LogP contribution < -0.4 is 53.8 Å². The zero-order valence-corrected chi connectivity index (χ0v) is 49.8. The molecule has 0 saturated carbocycles. The third-order valence-corrected chi connectivity index (χ3v) is 16.3. The molecule has 11 amide bonds. The SMILES string of the molecule is CC[C@@]1(O)C(=O)OCc2c1cc1n(c2=O)Cc2c-1nc1cc(F)c(C)c3c1c2[C@@H](NC(=O)COCNC(=O)CNC(=O)[C@H](C)NC(=O)[C@@H](NC(=O)C(CCC(=O)NC[C@H]1O[C@@H](CC(N)=O)[C@H](O)[C@@H]1O)NC(=O)CCNC(=O)CN1C(=O)C=CC1=O)C(C)C)CC3. The molecule has 9 atom stereocenters. The standard InChI is InChI=1S/C58H71FN12O19/c1-6-58(87)31-15-36-50-29(20-70(36)56(85)30(31)22-89-57(58)86)48-33(8-7-28-26(4)32(59)16-35(68-50)47(28)48)66-44(77)23-88-24-64-42(75)19-63-53(82)27(5)65-55(84)49(25(2)3)69-54(83)34(67-41(74)13-14-61-43(76)21-71-45(78)11-12-46(71)79)9-10-40(73)62-18-38-52(81)51(80)37(90-38)17-39(60)72/h11-12,15-16,25,27,33-34,37-38,49,51-52,80-81,87H,6-10,13-14,17-24H2,1-5H3,(H2,60,72)(H,61,76)(H,62,73)(H,63,82)(H,64,75)(H,65,84)(H,66,77)(H,67,74)(H,69,83)/t27-,33-,34?,37-,38+,49-,51-,52+,58-/m0/s1. The van der Waals surface area contributed by atoms with Crippen molar-refractivity contribution < 1.29 is 91.5 Å². The van der Waals surface area contributed by atoms with Crippen molar-refractivity contribution in [3.8, 4) is 11.4 Å².